The quantitative estimate of drug-likeness (QED) is 0.336. The molecule has 4 aromatic rings. The molecular weight excluding hydrogens is 475 g/mol. The van der Waals surface area contributed by atoms with Crippen molar-refractivity contribution in [2.45, 2.75) is 45.5 Å². The summed E-state index contributed by atoms with van der Waals surface area (Å²) in [6.07, 6.45) is 7.97. The smallest absolute Gasteiger partial charge is 0.255 e. The minimum atomic E-state index is -1.64. The second-order valence-corrected chi connectivity index (χ2v) is 9.41. The molecule has 0 saturated heterocycles. The number of amides is 1. The number of carbonyl (C=O) groups excluding carboxylic acids is 1. The number of nitrogens with one attached hydrogen (secondary N) is 2. The number of hydrogen-bond donors (Lipinski definition) is 3. The first-order valence-corrected chi connectivity index (χ1v) is 11.4. The van der Waals surface area contributed by atoms with Crippen molar-refractivity contribution in [2.75, 3.05) is 11.9 Å². The van der Waals surface area contributed by atoms with Gasteiger partial charge in [-0.25, -0.2) is 13.9 Å². The minimum Gasteiger partial charge on any atom is -0.387 e. The van der Waals surface area contributed by atoms with E-state index in [4.69, 9.17) is 11.6 Å². The van der Waals surface area contributed by atoms with E-state index in [2.05, 4.69) is 30.8 Å². The summed E-state index contributed by atoms with van der Waals surface area (Å²) in [5.41, 5.74) is 1.41. The van der Waals surface area contributed by atoms with Gasteiger partial charge in [-0.3, -0.25) is 14.5 Å². The van der Waals surface area contributed by atoms with Crippen LogP contribution in [0.15, 0.2) is 43.2 Å². The number of rotatable bonds is 8. The summed E-state index contributed by atoms with van der Waals surface area (Å²) < 4.78 is 17.5. The number of aliphatic hydroxyl groups is 1. The molecule has 1 atom stereocenters. The van der Waals surface area contributed by atoms with Gasteiger partial charge in [0.05, 0.1) is 64.0 Å². The Morgan fingerprint density at radius 1 is 1.17 bits per heavy atom. The third-order valence-electron chi connectivity index (χ3n) is 5.37. The maximum absolute atomic E-state index is 14.2. The summed E-state index contributed by atoms with van der Waals surface area (Å²) in [5.74, 6) is -0.542. The summed E-state index contributed by atoms with van der Waals surface area (Å²) in [4.78, 5) is 21.7. The van der Waals surface area contributed by atoms with Gasteiger partial charge in [0, 0.05) is 24.6 Å². The Hall–Kier alpha value is -3.57. The average molecular weight is 501 g/mol. The summed E-state index contributed by atoms with van der Waals surface area (Å²) >= 11 is 6.01. The molecule has 1 amide bonds. The van der Waals surface area contributed by atoms with Crippen molar-refractivity contribution in [2.24, 2.45) is 0 Å². The molecule has 0 fully saturated rings. The van der Waals surface area contributed by atoms with Gasteiger partial charge in [-0.15, -0.1) is 0 Å². The van der Waals surface area contributed by atoms with Crippen LogP contribution < -0.4 is 10.6 Å². The number of fused-ring (bicyclic) bond motifs is 1. The molecule has 0 spiro atoms. The minimum absolute atomic E-state index is 0.154. The SMILES string of the molecule is CC(C)n1cc(Nc2cc(-c3cnn4cc(Cl)cnc34)ncc2C(=O)NCC(F)C(C)(C)O)cn1. The molecule has 1 unspecified atom stereocenters. The lowest BCUT2D eigenvalue weighted by atomic mass is 10.0. The Kier molecular flexibility index (Phi) is 6.73. The highest BCUT2D eigenvalue weighted by Crippen LogP contribution is 2.29. The molecule has 35 heavy (non-hydrogen) atoms. The molecule has 184 valence electrons. The lowest BCUT2D eigenvalue weighted by Crippen LogP contribution is -2.42. The van der Waals surface area contributed by atoms with Gasteiger partial charge >= 0.3 is 0 Å². The van der Waals surface area contributed by atoms with Crippen molar-refractivity contribution in [3.63, 3.8) is 0 Å². The largest absolute Gasteiger partial charge is 0.387 e. The molecular formula is C23H26ClFN8O2. The van der Waals surface area contributed by atoms with Crippen LogP contribution in [0.5, 0.6) is 0 Å². The molecule has 0 radical (unpaired) electrons. The van der Waals surface area contributed by atoms with Crippen LogP contribution in [0.4, 0.5) is 15.8 Å². The second-order valence-electron chi connectivity index (χ2n) is 8.97. The number of aromatic nitrogens is 6. The summed E-state index contributed by atoms with van der Waals surface area (Å²) in [6.45, 7) is 6.34. The lowest BCUT2D eigenvalue weighted by molar-refractivity contribution is -0.00177. The molecule has 12 heteroatoms. The molecule has 4 rings (SSSR count). The van der Waals surface area contributed by atoms with Crippen molar-refractivity contribution < 1.29 is 14.3 Å². The van der Waals surface area contributed by atoms with Gasteiger partial charge in [0.2, 0.25) is 0 Å². The van der Waals surface area contributed by atoms with E-state index in [9.17, 15) is 14.3 Å². The zero-order chi connectivity index (χ0) is 25.3. The fourth-order valence-corrected chi connectivity index (χ4v) is 3.43. The van der Waals surface area contributed by atoms with E-state index < -0.39 is 17.7 Å². The predicted octanol–water partition coefficient (Wildman–Crippen LogP) is 3.80. The monoisotopic (exact) mass is 500 g/mol. The summed E-state index contributed by atoms with van der Waals surface area (Å²) in [7, 11) is 0. The molecule has 0 bridgehead atoms. The van der Waals surface area contributed by atoms with Crippen molar-refractivity contribution in [3.8, 4) is 11.3 Å². The highest BCUT2D eigenvalue weighted by molar-refractivity contribution is 6.30. The fraction of sp³-hybridized carbons (Fsp3) is 0.348. The van der Waals surface area contributed by atoms with E-state index >= 15 is 0 Å². The standard InChI is InChI=1S/C23H26ClFN8O2/c1-13(2)32-12-15(7-29-32)31-19-5-18(16-9-30-33-11-14(24)6-27-21(16)33)26-8-17(19)22(34)28-10-20(25)23(3,4)35/h5-9,11-13,20,35H,10H2,1-4H3,(H,26,31)(H,28,34). The van der Waals surface area contributed by atoms with Gasteiger partial charge in [-0.05, 0) is 33.8 Å². The normalized spacial score (nSPS) is 12.8. The molecule has 10 nitrogen and oxygen atoms in total. The number of hydrogen-bond acceptors (Lipinski definition) is 7. The maximum Gasteiger partial charge on any atom is 0.255 e. The van der Waals surface area contributed by atoms with Crippen LogP contribution in [0.25, 0.3) is 16.9 Å². The van der Waals surface area contributed by atoms with Gasteiger partial charge in [-0.1, -0.05) is 11.6 Å². The number of halogens is 2. The number of nitrogens with zero attached hydrogens (tertiary/aromatic N) is 6. The first kappa shape index (κ1) is 24.6. The zero-order valence-corrected chi connectivity index (χ0v) is 20.5. The molecule has 4 aromatic heterocycles. The van der Waals surface area contributed by atoms with Crippen molar-refractivity contribution in [3.05, 3.63) is 53.8 Å². The third kappa shape index (κ3) is 5.41. The van der Waals surface area contributed by atoms with Gasteiger partial charge in [0.25, 0.3) is 5.91 Å². The van der Waals surface area contributed by atoms with Crippen molar-refractivity contribution in [1.29, 1.82) is 0 Å². The number of pyridine rings is 1. The first-order valence-electron chi connectivity index (χ1n) is 11.0. The molecule has 0 aliphatic rings. The van der Waals surface area contributed by atoms with Crippen LogP contribution >= 0.6 is 11.6 Å². The molecule has 4 heterocycles. The van der Waals surface area contributed by atoms with E-state index in [-0.39, 0.29) is 18.2 Å². The zero-order valence-electron chi connectivity index (χ0n) is 19.7. The Morgan fingerprint density at radius 3 is 2.63 bits per heavy atom. The Labute approximate surface area is 206 Å². The number of anilines is 2. The Bertz CT molecular complexity index is 1360. The molecule has 0 aliphatic heterocycles. The average Bonchev–Trinajstić information content (AvgIpc) is 3.43. The Morgan fingerprint density at radius 2 is 1.94 bits per heavy atom. The lowest BCUT2D eigenvalue weighted by Gasteiger charge is -2.22. The topological polar surface area (TPSA) is 122 Å². The van der Waals surface area contributed by atoms with E-state index in [1.54, 1.807) is 29.3 Å². The van der Waals surface area contributed by atoms with Crippen molar-refractivity contribution in [1.82, 2.24) is 34.7 Å². The van der Waals surface area contributed by atoms with E-state index in [1.165, 1.54) is 30.8 Å². The van der Waals surface area contributed by atoms with Crippen molar-refractivity contribution >= 4 is 34.5 Å². The summed E-state index contributed by atoms with van der Waals surface area (Å²) in [6, 6.07) is 1.85. The van der Waals surface area contributed by atoms with Crippen LogP contribution in [0.3, 0.4) is 0 Å². The van der Waals surface area contributed by atoms with Gasteiger partial charge in [0.15, 0.2) is 5.65 Å². The van der Waals surface area contributed by atoms with Crippen LogP contribution in [-0.4, -0.2) is 58.7 Å². The molecule has 3 N–H and O–H groups in total. The van der Waals surface area contributed by atoms with Crippen LogP contribution in [0.2, 0.25) is 5.02 Å². The number of alkyl halides is 1. The molecule has 0 saturated carbocycles. The maximum atomic E-state index is 14.2. The van der Waals surface area contributed by atoms with Gasteiger partial charge < -0.3 is 15.7 Å². The molecule has 0 aromatic carbocycles. The highest BCUT2D eigenvalue weighted by atomic mass is 35.5. The third-order valence-corrected chi connectivity index (χ3v) is 5.56. The molecule has 0 aliphatic carbocycles. The first-order chi connectivity index (χ1) is 16.5. The van der Waals surface area contributed by atoms with E-state index in [1.807, 2.05) is 20.0 Å². The Balaban J connectivity index is 1.70. The van der Waals surface area contributed by atoms with Gasteiger partial charge in [-0.2, -0.15) is 10.2 Å². The van der Waals surface area contributed by atoms with Crippen LogP contribution in [0.1, 0.15) is 44.1 Å². The van der Waals surface area contributed by atoms with E-state index in [0.29, 0.717) is 33.3 Å². The van der Waals surface area contributed by atoms with Crippen LogP contribution in [-0.2, 0) is 0 Å². The summed E-state index contributed by atoms with van der Waals surface area (Å²) in [5, 5.41) is 24.6. The fourth-order valence-electron chi connectivity index (χ4n) is 3.29. The number of carbonyl (C=O) groups is 1. The second kappa shape index (κ2) is 9.59. The van der Waals surface area contributed by atoms with Crippen LogP contribution in [0, 0.1) is 0 Å². The van der Waals surface area contributed by atoms with Gasteiger partial charge in [0.1, 0.15) is 6.17 Å². The highest BCUT2D eigenvalue weighted by Gasteiger charge is 2.27. The van der Waals surface area contributed by atoms with E-state index in [0.717, 1.165) is 0 Å². The predicted molar refractivity (Wildman–Crippen MR) is 131 cm³/mol.